The molecule has 0 N–H and O–H groups in total. The molecule has 0 nitrogen and oxygen atoms in total. The zero-order chi connectivity index (χ0) is 16.0. The Balaban J connectivity index is 1.95. The van der Waals surface area contributed by atoms with Gasteiger partial charge in [-0.25, -0.2) is 0 Å². The molecule has 0 amide bonds. The first-order valence-corrected chi connectivity index (χ1v) is 7.42. The minimum absolute atomic E-state index is 0.0442. The topological polar surface area (TPSA) is 0 Å². The van der Waals surface area contributed by atoms with Crippen LogP contribution < -0.4 is 0 Å². The summed E-state index contributed by atoms with van der Waals surface area (Å²) in [6.07, 6.45) is -3.01. The van der Waals surface area contributed by atoms with E-state index in [9.17, 15) is 13.2 Å². The van der Waals surface area contributed by atoms with Gasteiger partial charge >= 0.3 is 6.18 Å². The van der Waals surface area contributed by atoms with Crippen LogP contribution in [0.4, 0.5) is 13.2 Å². The van der Waals surface area contributed by atoms with Gasteiger partial charge in [-0.3, -0.25) is 0 Å². The van der Waals surface area contributed by atoms with Gasteiger partial charge in [-0.2, -0.15) is 13.2 Å². The van der Waals surface area contributed by atoms with Crippen LogP contribution in [0.3, 0.4) is 0 Å². The van der Waals surface area contributed by atoms with E-state index in [0.29, 0.717) is 5.56 Å². The first-order chi connectivity index (χ1) is 11.0. The molecule has 0 aromatic heterocycles. The van der Waals surface area contributed by atoms with Crippen molar-refractivity contribution in [1.29, 1.82) is 0 Å². The molecule has 0 unspecified atom stereocenters. The quantitative estimate of drug-likeness (QED) is 0.516. The van der Waals surface area contributed by atoms with E-state index in [1.165, 1.54) is 6.08 Å². The van der Waals surface area contributed by atoms with Crippen molar-refractivity contribution in [1.82, 2.24) is 0 Å². The van der Waals surface area contributed by atoms with Gasteiger partial charge in [-0.1, -0.05) is 60.7 Å². The molecular weight excluding hydrogens is 297 g/mol. The molecule has 0 bridgehead atoms. The zero-order valence-corrected chi connectivity index (χ0v) is 12.2. The van der Waals surface area contributed by atoms with Crippen LogP contribution >= 0.6 is 0 Å². The standard InChI is InChI=1S/C20H13F3/c21-20(22,23)15-11-14-7-4-10-18(19(14)12-15)17-9-3-6-13-5-1-2-8-16(13)17/h1-10,12H,11H2. The van der Waals surface area contributed by atoms with E-state index in [-0.39, 0.29) is 6.42 Å². The van der Waals surface area contributed by atoms with Gasteiger partial charge in [0.25, 0.3) is 0 Å². The molecule has 1 aliphatic rings. The van der Waals surface area contributed by atoms with Crippen LogP contribution in [-0.2, 0) is 6.42 Å². The molecule has 0 radical (unpaired) electrons. The van der Waals surface area contributed by atoms with Crippen LogP contribution in [0, 0.1) is 0 Å². The van der Waals surface area contributed by atoms with Gasteiger partial charge in [0.05, 0.1) is 0 Å². The SMILES string of the molecule is FC(F)(F)C1=Cc2c(cccc2-c2cccc3ccccc23)C1. The van der Waals surface area contributed by atoms with E-state index in [0.717, 1.165) is 27.5 Å². The summed E-state index contributed by atoms with van der Waals surface area (Å²) in [6.45, 7) is 0. The highest BCUT2D eigenvalue weighted by Crippen LogP contribution is 2.41. The first-order valence-electron chi connectivity index (χ1n) is 7.42. The number of benzene rings is 3. The van der Waals surface area contributed by atoms with Crippen molar-refractivity contribution in [3.8, 4) is 11.1 Å². The molecule has 1 aliphatic carbocycles. The molecule has 0 saturated carbocycles. The molecule has 3 aromatic rings. The fraction of sp³-hybridized carbons (Fsp3) is 0.100. The Bertz CT molecular complexity index is 928. The largest absolute Gasteiger partial charge is 0.413 e. The fourth-order valence-corrected chi connectivity index (χ4v) is 3.25. The summed E-state index contributed by atoms with van der Waals surface area (Å²) in [4.78, 5) is 0. The van der Waals surface area contributed by atoms with Crippen LogP contribution in [0.2, 0.25) is 0 Å². The predicted octanol–water partition coefficient (Wildman–Crippen LogP) is 6.01. The lowest BCUT2D eigenvalue weighted by Gasteiger charge is -2.11. The van der Waals surface area contributed by atoms with Gasteiger partial charge in [-0.05, 0) is 39.1 Å². The second-order valence-electron chi connectivity index (χ2n) is 5.75. The Morgan fingerprint density at radius 1 is 0.739 bits per heavy atom. The second kappa shape index (κ2) is 4.98. The zero-order valence-electron chi connectivity index (χ0n) is 12.2. The van der Waals surface area contributed by atoms with E-state index in [1.54, 1.807) is 6.07 Å². The predicted molar refractivity (Wildman–Crippen MR) is 87.1 cm³/mol. The summed E-state index contributed by atoms with van der Waals surface area (Å²) in [6, 6.07) is 19.4. The van der Waals surface area contributed by atoms with Crippen LogP contribution in [0.15, 0.2) is 66.2 Å². The number of allylic oxidation sites excluding steroid dienone is 1. The lowest BCUT2D eigenvalue weighted by molar-refractivity contribution is -0.0918. The van der Waals surface area contributed by atoms with Crippen molar-refractivity contribution in [2.45, 2.75) is 12.6 Å². The van der Waals surface area contributed by atoms with Crippen molar-refractivity contribution in [2.75, 3.05) is 0 Å². The monoisotopic (exact) mass is 310 g/mol. The summed E-state index contributed by atoms with van der Waals surface area (Å²) < 4.78 is 39.1. The molecule has 0 aliphatic heterocycles. The number of rotatable bonds is 1. The molecule has 0 heterocycles. The van der Waals surface area contributed by atoms with Crippen LogP contribution in [0.1, 0.15) is 11.1 Å². The summed E-state index contributed by atoms with van der Waals surface area (Å²) in [5.41, 5.74) is 2.79. The number of hydrogen-bond donors (Lipinski definition) is 0. The Hall–Kier alpha value is -2.55. The van der Waals surface area contributed by atoms with Crippen molar-refractivity contribution in [2.24, 2.45) is 0 Å². The molecule has 0 fully saturated rings. The van der Waals surface area contributed by atoms with E-state index >= 15 is 0 Å². The van der Waals surface area contributed by atoms with E-state index in [1.807, 2.05) is 54.6 Å². The third kappa shape index (κ3) is 2.33. The number of halogens is 3. The summed E-state index contributed by atoms with van der Waals surface area (Å²) >= 11 is 0. The lowest BCUT2D eigenvalue weighted by atomic mass is 9.93. The lowest BCUT2D eigenvalue weighted by Crippen LogP contribution is -2.11. The highest BCUT2D eigenvalue weighted by atomic mass is 19.4. The molecule has 0 saturated heterocycles. The molecule has 4 rings (SSSR count). The van der Waals surface area contributed by atoms with Crippen molar-refractivity contribution in [3.63, 3.8) is 0 Å². The van der Waals surface area contributed by atoms with Crippen molar-refractivity contribution < 1.29 is 13.2 Å². The molecular formula is C20H13F3. The summed E-state index contributed by atoms with van der Waals surface area (Å²) in [5, 5.41) is 2.14. The number of hydrogen-bond acceptors (Lipinski definition) is 0. The summed E-state index contributed by atoms with van der Waals surface area (Å²) in [5.74, 6) is 0. The van der Waals surface area contributed by atoms with Gasteiger partial charge in [0.1, 0.15) is 0 Å². The number of fused-ring (bicyclic) bond motifs is 2. The molecule has 3 heteroatoms. The molecule has 0 spiro atoms. The Morgan fingerprint density at radius 2 is 1.43 bits per heavy atom. The maximum absolute atomic E-state index is 13.0. The fourth-order valence-electron chi connectivity index (χ4n) is 3.25. The van der Waals surface area contributed by atoms with Gasteiger partial charge in [0.2, 0.25) is 0 Å². The Labute approximate surface area is 131 Å². The first kappa shape index (κ1) is 14.1. The Kier molecular flexibility index (Phi) is 3.05. The molecule has 0 atom stereocenters. The van der Waals surface area contributed by atoms with Crippen molar-refractivity contribution in [3.05, 3.63) is 77.4 Å². The van der Waals surface area contributed by atoms with E-state index < -0.39 is 11.7 Å². The highest BCUT2D eigenvalue weighted by molar-refractivity contribution is 5.99. The van der Waals surface area contributed by atoms with Crippen LogP contribution in [0.25, 0.3) is 28.0 Å². The van der Waals surface area contributed by atoms with Crippen molar-refractivity contribution >= 4 is 16.8 Å². The second-order valence-corrected chi connectivity index (χ2v) is 5.75. The maximum Gasteiger partial charge on any atom is 0.413 e. The van der Waals surface area contributed by atoms with Crippen LogP contribution in [-0.4, -0.2) is 6.18 Å². The average molecular weight is 310 g/mol. The van der Waals surface area contributed by atoms with Gasteiger partial charge in [0.15, 0.2) is 0 Å². The van der Waals surface area contributed by atoms with E-state index in [2.05, 4.69) is 0 Å². The third-order valence-electron chi connectivity index (χ3n) is 4.34. The van der Waals surface area contributed by atoms with E-state index in [4.69, 9.17) is 0 Å². The molecule has 3 aromatic carbocycles. The van der Waals surface area contributed by atoms with Gasteiger partial charge in [0, 0.05) is 12.0 Å². The summed E-state index contributed by atoms with van der Waals surface area (Å²) in [7, 11) is 0. The minimum Gasteiger partial charge on any atom is -0.166 e. The highest BCUT2D eigenvalue weighted by Gasteiger charge is 2.36. The molecule has 23 heavy (non-hydrogen) atoms. The molecule has 114 valence electrons. The van der Waals surface area contributed by atoms with Gasteiger partial charge < -0.3 is 0 Å². The smallest absolute Gasteiger partial charge is 0.166 e. The number of alkyl halides is 3. The average Bonchev–Trinajstić information content (AvgIpc) is 2.99. The maximum atomic E-state index is 13.0. The van der Waals surface area contributed by atoms with Gasteiger partial charge in [-0.15, -0.1) is 0 Å². The normalized spacial score (nSPS) is 14.0. The Morgan fingerprint density at radius 3 is 2.26 bits per heavy atom. The minimum atomic E-state index is -4.27. The third-order valence-corrected chi connectivity index (χ3v) is 4.34. The van der Waals surface area contributed by atoms with Crippen LogP contribution in [0.5, 0.6) is 0 Å².